The molecule has 2 fully saturated rings. The van der Waals surface area contributed by atoms with Gasteiger partial charge in [0.2, 0.25) is 0 Å². The van der Waals surface area contributed by atoms with Crippen molar-refractivity contribution >= 4 is 17.6 Å². The molecule has 2 N–H and O–H groups in total. The zero-order chi connectivity index (χ0) is 21.8. The van der Waals surface area contributed by atoms with E-state index in [4.69, 9.17) is 26.7 Å². The molecular weight excluding hydrogens is 414 g/mol. The number of carbonyl (C=O) groups is 1. The molecule has 0 spiro atoms. The van der Waals surface area contributed by atoms with Gasteiger partial charge in [-0.05, 0) is 53.6 Å². The van der Waals surface area contributed by atoms with Crippen LogP contribution in [0.4, 0.5) is 0 Å². The van der Waals surface area contributed by atoms with Gasteiger partial charge in [-0.15, -0.1) is 0 Å². The molecule has 1 saturated heterocycles. The Balaban J connectivity index is 1.13. The van der Waals surface area contributed by atoms with E-state index in [9.17, 15) is 4.79 Å². The number of ether oxygens (including phenoxy) is 1. The summed E-state index contributed by atoms with van der Waals surface area (Å²) in [6.07, 6.45) is 0.204. The largest absolute Gasteiger partial charge is 0.492 e. The molecule has 1 aliphatic carbocycles. The maximum absolute atomic E-state index is 11.0. The van der Waals surface area contributed by atoms with Gasteiger partial charge in [0.1, 0.15) is 18.3 Å². The number of hydrogen-bond acceptors (Lipinski definition) is 5. The van der Waals surface area contributed by atoms with Gasteiger partial charge in [-0.25, -0.2) is 0 Å². The average molecular weight is 440 g/mol. The summed E-state index contributed by atoms with van der Waals surface area (Å²) < 4.78 is 5.84. The lowest BCUT2D eigenvalue weighted by Crippen LogP contribution is -2.33. The Labute approximate surface area is 187 Å². The molecule has 0 aromatic heterocycles. The second kappa shape index (κ2) is 9.69. The molecule has 1 aliphatic heterocycles. The molecule has 1 saturated carbocycles. The standard InChI is InChI=1S/C24H26ClN3O3/c25-19-5-1-17(2-6-19)13-27-23-21-14-28(15-22(21)23)9-10-31-20-7-3-16(4-8-20)11-18(12-26)24(29)30/h1-8,18,21-23,27H,9-11,13-15H2,(H,29,30)/t18-,21-,22?,23+/m0/s1. The van der Waals surface area contributed by atoms with Crippen LogP contribution in [-0.2, 0) is 17.8 Å². The smallest absolute Gasteiger partial charge is 0.321 e. The average Bonchev–Trinajstić information content (AvgIpc) is 3.22. The second-order valence-electron chi connectivity index (χ2n) is 8.34. The summed E-state index contributed by atoms with van der Waals surface area (Å²) in [6, 6.07) is 17.7. The highest BCUT2D eigenvalue weighted by Gasteiger charge is 2.55. The molecule has 6 nitrogen and oxygen atoms in total. The molecule has 2 aromatic carbocycles. The van der Waals surface area contributed by atoms with Gasteiger partial charge in [0, 0.05) is 37.2 Å². The molecule has 1 heterocycles. The Bertz CT molecular complexity index is 930. The zero-order valence-electron chi connectivity index (χ0n) is 17.2. The summed E-state index contributed by atoms with van der Waals surface area (Å²) in [6.45, 7) is 4.62. The van der Waals surface area contributed by atoms with Gasteiger partial charge in [-0.3, -0.25) is 9.69 Å². The third-order valence-corrected chi connectivity index (χ3v) is 6.47. The molecule has 2 aliphatic rings. The van der Waals surface area contributed by atoms with Gasteiger partial charge in [-0.1, -0.05) is 35.9 Å². The first-order valence-corrected chi connectivity index (χ1v) is 11.0. The number of halogens is 1. The molecule has 0 amide bonds. The number of carboxylic acid groups (broad SMARTS) is 1. The van der Waals surface area contributed by atoms with Gasteiger partial charge in [0.05, 0.1) is 6.07 Å². The van der Waals surface area contributed by atoms with E-state index in [1.165, 1.54) is 5.56 Å². The molecule has 1 unspecified atom stereocenters. The fraction of sp³-hybridized carbons (Fsp3) is 0.417. The van der Waals surface area contributed by atoms with Crippen molar-refractivity contribution in [3.63, 3.8) is 0 Å². The van der Waals surface area contributed by atoms with Crippen LogP contribution in [0.25, 0.3) is 0 Å². The van der Waals surface area contributed by atoms with Crippen molar-refractivity contribution in [2.24, 2.45) is 17.8 Å². The maximum atomic E-state index is 11.0. The van der Waals surface area contributed by atoms with Crippen LogP contribution in [0.2, 0.25) is 5.02 Å². The fourth-order valence-electron chi connectivity index (χ4n) is 4.38. The van der Waals surface area contributed by atoms with Crippen LogP contribution in [0, 0.1) is 29.1 Å². The minimum atomic E-state index is -1.09. The van der Waals surface area contributed by atoms with E-state index in [-0.39, 0.29) is 6.42 Å². The summed E-state index contributed by atoms with van der Waals surface area (Å²) >= 11 is 5.94. The predicted molar refractivity (Wildman–Crippen MR) is 118 cm³/mol. The summed E-state index contributed by atoms with van der Waals surface area (Å²) in [4.78, 5) is 13.4. The van der Waals surface area contributed by atoms with Crippen LogP contribution < -0.4 is 10.1 Å². The molecule has 162 valence electrons. The van der Waals surface area contributed by atoms with Gasteiger partial charge in [0.15, 0.2) is 0 Å². The van der Waals surface area contributed by atoms with Crippen LogP contribution in [0.5, 0.6) is 5.75 Å². The lowest BCUT2D eigenvalue weighted by molar-refractivity contribution is -0.139. The van der Waals surface area contributed by atoms with Crippen molar-refractivity contribution in [3.05, 3.63) is 64.7 Å². The molecule has 7 heteroatoms. The summed E-state index contributed by atoms with van der Waals surface area (Å²) in [5.41, 5.74) is 2.08. The number of nitriles is 1. The van der Waals surface area contributed by atoms with Crippen LogP contribution >= 0.6 is 11.6 Å². The number of piperidine rings is 1. The van der Waals surface area contributed by atoms with E-state index in [0.717, 1.165) is 54.4 Å². The molecule has 4 atom stereocenters. The lowest BCUT2D eigenvalue weighted by atomic mass is 10.0. The number of benzene rings is 2. The topological polar surface area (TPSA) is 85.6 Å². The Hall–Kier alpha value is -2.59. The van der Waals surface area contributed by atoms with Crippen LogP contribution in [-0.4, -0.2) is 48.3 Å². The molecular formula is C24H26ClN3O3. The zero-order valence-corrected chi connectivity index (χ0v) is 18.0. The van der Waals surface area contributed by atoms with Crippen molar-refractivity contribution in [3.8, 4) is 11.8 Å². The third kappa shape index (κ3) is 5.56. The second-order valence-corrected chi connectivity index (χ2v) is 8.77. The van der Waals surface area contributed by atoms with E-state index in [1.54, 1.807) is 0 Å². The summed E-state index contributed by atoms with van der Waals surface area (Å²) in [7, 11) is 0. The van der Waals surface area contributed by atoms with Gasteiger partial charge < -0.3 is 15.2 Å². The summed E-state index contributed by atoms with van der Waals surface area (Å²) in [5, 5.41) is 22.3. The van der Waals surface area contributed by atoms with Crippen molar-refractivity contribution < 1.29 is 14.6 Å². The number of aliphatic carboxylic acids is 1. The minimum Gasteiger partial charge on any atom is -0.492 e. The molecule has 31 heavy (non-hydrogen) atoms. The van der Waals surface area contributed by atoms with Gasteiger partial charge in [0.25, 0.3) is 0 Å². The van der Waals surface area contributed by atoms with Crippen molar-refractivity contribution in [2.75, 3.05) is 26.2 Å². The summed E-state index contributed by atoms with van der Waals surface area (Å²) in [5.74, 6) is 0.119. The number of fused-ring (bicyclic) bond motifs is 1. The number of nitrogens with zero attached hydrogens (tertiary/aromatic N) is 2. The fourth-order valence-corrected chi connectivity index (χ4v) is 4.50. The highest BCUT2D eigenvalue weighted by molar-refractivity contribution is 6.30. The number of likely N-dealkylation sites (tertiary alicyclic amines) is 1. The quantitative estimate of drug-likeness (QED) is 0.591. The maximum Gasteiger partial charge on any atom is 0.321 e. The third-order valence-electron chi connectivity index (χ3n) is 6.22. The van der Waals surface area contributed by atoms with E-state index >= 15 is 0 Å². The van der Waals surface area contributed by atoms with Gasteiger partial charge in [-0.2, -0.15) is 5.26 Å². The highest BCUT2D eigenvalue weighted by atomic mass is 35.5. The minimum absolute atomic E-state index is 0.204. The Morgan fingerprint density at radius 2 is 1.81 bits per heavy atom. The number of carboxylic acids is 1. The monoisotopic (exact) mass is 439 g/mol. The van der Waals surface area contributed by atoms with Gasteiger partial charge >= 0.3 is 5.97 Å². The normalized spacial score (nSPS) is 23.0. The molecule has 4 rings (SSSR count). The molecule has 0 bridgehead atoms. The van der Waals surface area contributed by atoms with Crippen LogP contribution in [0.15, 0.2) is 48.5 Å². The van der Waals surface area contributed by atoms with Crippen molar-refractivity contribution in [1.82, 2.24) is 10.2 Å². The van der Waals surface area contributed by atoms with E-state index < -0.39 is 11.9 Å². The number of nitrogens with one attached hydrogen (secondary N) is 1. The number of hydrogen-bond donors (Lipinski definition) is 2. The first-order valence-electron chi connectivity index (χ1n) is 10.6. The number of rotatable bonds is 10. The lowest BCUT2D eigenvalue weighted by Gasteiger charge is -2.20. The van der Waals surface area contributed by atoms with Crippen molar-refractivity contribution in [1.29, 1.82) is 5.26 Å². The van der Waals surface area contributed by atoms with Crippen LogP contribution in [0.1, 0.15) is 11.1 Å². The Morgan fingerprint density at radius 1 is 1.16 bits per heavy atom. The van der Waals surface area contributed by atoms with E-state index in [0.29, 0.717) is 12.6 Å². The first kappa shape index (κ1) is 21.6. The van der Waals surface area contributed by atoms with E-state index in [2.05, 4.69) is 22.3 Å². The Morgan fingerprint density at radius 3 is 2.42 bits per heavy atom. The highest BCUT2D eigenvalue weighted by Crippen LogP contribution is 2.45. The van der Waals surface area contributed by atoms with Crippen LogP contribution in [0.3, 0.4) is 0 Å². The van der Waals surface area contributed by atoms with Crippen molar-refractivity contribution in [2.45, 2.75) is 19.0 Å². The SMILES string of the molecule is N#C[C@H](Cc1ccc(OCCN2CC3[C@H](C2)[C@H]3NCc2ccc(Cl)cc2)cc1)C(=O)O. The Kier molecular flexibility index (Phi) is 6.77. The predicted octanol–water partition coefficient (Wildman–Crippen LogP) is 3.21. The molecule has 2 aromatic rings. The first-order chi connectivity index (χ1) is 15.0. The van der Waals surface area contributed by atoms with E-state index in [1.807, 2.05) is 42.5 Å². The molecule has 0 radical (unpaired) electrons.